The fourth-order valence-corrected chi connectivity index (χ4v) is 1.68. The molecule has 0 aliphatic carbocycles. The van der Waals surface area contributed by atoms with Gasteiger partial charge in [-0.15, -0.1) is 0 Å². The molecule has 86 valence electrons. The van der Waals surface area contributed by atoms with E-state index in [4.69, 9.17) is 0 Å². The van der Waals surface area contributed by atoms with E-state index in [2.05, 4.69) is 45.0 Å². The first-order chi connectivity index (χ1) is 6.57. The first-order valence-corrected chi connectivity index (χ1v) is 5.98. The van der Waals surface area contributed by atoms with Gasteiger partial charge in [0.15, 0.2) is 0 Å². The molecule has 0 saturated heterocycles. The van der Waals surface area contributed by atoms with Gasteiger partial charge in [-0.1, -0.05) is 20.8 Å². The molecule has 1 unspecified atom stereocenters. The number of hydrogen-bond donors (Lipinski definition) is 1. The quantitative estimate of drug-likeness (QED) is 0.605. The van der Waals surface area contributed by atoms with Gasteiger partial charge in [-0.25, -0.2) is 0 Å². The Kier molecular flexibility index (Phi) is 8.20. The van der Waals surface area contributed by atoms with Gasteiger partial charge in [-0.2, -0.15) is 0 Å². The second-order valence-corrected chi connectivity index (χ2v) is 4.68. The van der Waals surface area contributed by atoms with Crippen LogP contribution >= 0.6 is 0 Å². The summed E-state index contributed by atoms with van der Waals surface area (Å²) in [7, 11) is 2.23. The standard InChI is InChI=1S/C12H28N2/c1-6-13-9-7-8-12(4)14(5)10-11(2)3/h11-13H,6-10H2,1-5H3. The minimum absolute atomic E-state index is 0.719. The first-order valence-electron chi connectivity index (χ1n) is 5.98. The minimum Gasteiger partial charge on any atom is -0.317 e. The predicted octanol–water partition coefficient (Wildman–Crippen LogP) is 2.35. The Bertz CT molecular complexity index is 123. The molecule has 0 aliphatic heterocycles. The summed E-state index contributed by atoms with van der Waals surface area (Å²) in [6.07, 6.45) is 2.59. The van der Waals surface area contributed by atoms with Crippen molar-refractivity contribution in [2.45, 2.75) is 46.6 Å². The van der Waals surface area contributed by atoms with Crippen molar-refractivity contribution >= 4 is 0 Å². The predicted molar refractivity (Wildman–Crippen MR) is 64.7 cm³/mol. The van der Waals surface area contributed by atoms with Crippen LogP contribution in [0.15, 0.2) is 0 Å². The van der Waals surface area contributed by atoms with Crippen molar-refractivity contribution in [3.05, 3.63) is 0 Å². The lowest BCUT2D eigenvalue weighted by atomic mass is 10.1. The lowest BCUT2D eigenvalue weighted by Crippen LogP contribution is -2.32. The molecule has 2 nitrogen and oxygen atoms in total. The van der Waals surface area contributed by atoms with Gasteiger partial charge < -0.3 is 10.2 Å². The van der Waals surface area contributed by atoms with E-state index in [1.807, 2.05) is 0 Å². The third kappa shape index (κ3) is 7.34. The third-order valence-electron chi connectivity index (χ3n) is 2.63. The Hall–Kier alpha value is -0.0800. The number of rotatable bonds is 8. The fraction of sp³-hybridized carbons (Fsp3) is 1.00. The summed E-state index contributed by atoms with van der Waals surface area (Å²) in [5.41, 5.74) is 0. The van der Waals surface area contributed by atoms with Crippen LogP contribution in [0.4, 0.5) is 0 Å². The summed E-state index contributed by atoms with van der Waals surface area (Å²) in [4.78, 5) is 2.47. The van der Waals surface area contributed by atoms with Gasteiger partial charge in [0.05, 0.1) is 0 Å². The van der Waals surface area contributed by atoms with Gasteiger partial charge in [0.2, 0.25) is 0 Å². The maximum Gasteiger partial charge on any atom is 0.00644 e. The van der Waals surface area contributed by atoms with Crippen LogP contribution in [0.5, 0.6) is 0 Å². The molecule has 0 saturated carbocycles. The second-order valence-electron chi connectivity index (χ2n) is 4.68. The molecule has 0 radical (unpaired) electrons. The Morgan fingerprint density at radius 3 is 2.36 bits per heavy atom. The van der Waals surface area contributed by atoms with Crippen molar-refractivity contribution in [2.24, 2.45) is 5.92 Å². The van der Waals surface area contributed by atoms with E-state index in [0.717, 1.165) is 25.0 Å². The first kappa shape index (κ1) is 13.9. The monoisotopic (exact) mass is 200 g/mol. The smallest absolute Gasteiger partial charge is 0.00644 e. The van der Waals surface area contributed by atoms with Crippen LogP contribution in [0.2, 0.25) is 0 Å². The molecule has 1 atom stereocenters. The number of hydrogen-bond acceptors (Lipinski definition) is 2. The van der Waals surface area contributed by atoms with Crippen LogP contribution in [0.3, 0.4) is 0 Å². The Morgan fingerprint density at radius 1 is 1.21 bits per heavy atom. The molecule has 0 aromatic carbocycles. The highest BCUT2D eigenvalue weighted by molar-refractivity contribution is 4.65. The summed E-state index contributed by atoms with van der Waals surface area (Å²) in [5.74, 6) is 0.774. The summed E-state index contributed by atoms with van der Waals surface area (Å²) < 4.78 is 0. The molecular weight excluding hydrogens is 172 g/mol. The van der Waals surface area contributed by atoms with Crippen molar-refractivity contribution < 1.29 is 0 Å². The molecule has 14 heavy (non-hydrogen) atoms. The topological polar surface area (TPSA) is 15.3 Å². The average molecular weight is 200 g/mol. The number of nitrogens with one attached hydrogen (secondary N) is 1. The second kappa shape index (κ2) is 8.25. The van der Waals surface area contributed by atoms with E-state index in [1.54, 1.807) is 0 Å². The zero-order chi connectivity index (χ0) is 11.0. The molecule has 0 bridgehead atoms. The maximum atomic E-state index is 3.36. The van der Waals surface area contributed by atoms with E-state index >= 15 is 0 Å². The minimum atomic E-state index is 0.719. The maximum absolute atomic E-state index is 3.36. The summed E-state index contributed by atoms with van der Waals surface area (Å²) in [6.45, 7) is 12.5. The molecule has 0 rings (SSSR count). The lowest BCUT2D eigenvalue weighted by Gasteiger charge is -2.26. The van der Waals surface area contributed by atoms with Crippen LogP contribution < -0.4 is 5.32 Å². The molecule has 2 heteroatoms. The molecule has 0 aromatic rings. The van der Waals surface area contributed by atoms with Crippen molar-refractivity contribution in [1.29, 1.82) is 0 Å². The van der Waals surface area contributed by atoms with Crippen molar-refractivity contribution in [1.82, 2.24) is 10.2 Å². The molecule has 0 aliphatic rings. The van der Waals surface area contributed by atoms with Crippen LogP contribution in [0.1, 0.15) is 40.5 Å². The lowest BCUT2D eigenvalue weighted by molar-refractivity contribution is 0.218. The van der Waals surface area contributed by atoms with E-state index < -0.39 is 0 Å². The Labute approximate surface area is 90.1 Å². The Morgan fingerprint density at radius 2 is 1.86 bits per heavy atom. The Balaban J connectivity index is 3.46. The molecule has 0 spiro atoms. The van der Waals surface area contributed by atoms with Crippen molar-refractivity contribution in [3.63, 3.8) is 0 Å². The normalized spacial score (nSPS) is 13.9. The van der Waals surface area contributed by atoms with E-state index in [0.29, 0.717) is 0 Å². The zero-order valence-electron chi connectivity index (χ0n) is 10.6. The van der Waals surface area contributed by atoms with E-state index in [-0.39, 0.29) is 0 Å². The highest BCUT2D eigenvalue weighted by Crippen LogP contribution is 2.06. The average Bonchev–Trinajstić information content (AvgIpc) is 2.11. The summed E-state index contributed by atoms with van der Waals surface area (Å²) >= 11 is 0. The molecular formula is C12H28N2. The molecule has 0 aromatic heterocycles. The molecule has 1 N–H and O–H groups in total. The molecule has 0 amide bonds. The fourth-order valence-electron chi connectivity index (χ4n) is 1.68. The third-order valence-corrected chi connectivity index (χ3v) is 2.63. The van der Waals surface area contributed by atoms with Gasteiger partial charge in [0.1, 0.15) is 0 Å². The van der Waals surface area contributed by atoms with Crippen LogP contribution in [-0.4, -0.2) is 37.6 Å². The van der Waals surface area contributed by atoms with Crippen LogP contribution in [0.25, 0.3) is 0 Å². The van der Waals surface area contributed by atoms with Gasteiger partial charge in [0, 0.05) is 12.6 Å². The van der Waals surface area contributed by atoms with Crippen molar-refractivity contribution in [3.8, 4) is 0 Å². The van der Waals surface area contributed by atoms with Gasteiger partial charge in [0.25, 0.3) is 0 Å². The SMILES string of the molecule is CCNCCCC(C)N(C)CC(C)C. The summed E-state index contributed by atoms with van der Waals surface area (Å²) in [5, 5.41) is 3.36. The zero-order valence-corrected chi connectivity index (χ0v) is 10.6. The largest absolute Gasteiger partial charge is 0.317 e. The van der Waals surface area contributed by atoms with E-state index in [9.17, 15) is 0 Å². The highest BCUT2D eigenvalue weighted by atomic mass is 15.1. The van der Waals surface area contributed by atoms with Crippen molar-refractivity contribution in [2.75, 3.05) is 26.7 Å². The van der Waals surface area contributed by atoms with Gasteiger partial charge >= 0.3 is 0 Å². The number of nitrogens with zero attached hydrogens (tertiary/aromatic N) is 1. The van der Waals surface area contributed by atoms with Gasteiger partial charge in [-0.05, 0) is 45.8 Å². The van der Waals surface area contributed by atoms with Crippen LogP contribution in [-0.2, 0) is 0 Å². The molecule has 0 heterocycles. The summed E-state index contributed by atoms with van der Waals surface area (Å²) in [6, 6.07) is 0.719. The van der Waals surface area contributed by atoms with Crippen LogP contribution in [0, 0.1) is 5.92 Å². The van der Waals surface area contributed by atoms with E-state index in [1.165, 1.54) is 19.4 Å². The van der Waals surface area contributed by atoms with Gasteiger partial charge in [-0.3, -0.25) is 0 Å². The molecule has 0 fully saturated rings. The highest BCUT2D eigenvalue weighted by Gasteiger charge is 2.09.